The van der Waals surface area contributed by atoms with Crippen molar-refractivity contribution in [3.8, 4) is 10.7 Å². The lowest BCUT2D eigenvalue weighted by atomic mass is 10.1. The van der Waals surface area contributed by atoms with Crippen LogP contribution in [0, 0.1) is 5.92 Å². The summed E-state index contributed by atoms with van der Waals surface area (Å²) in [5.41, 5.74) is 0. The molecule has 0 amide bonds. The molecule has 2 unspecified atom stereocenters. The Morgan fingerprint density at radius 2 is 2.36 bits per heavy atom. The van der Waals surface area contributed by atoms with Crippen molar-refractivity contribution >= 4 is 11.3 Å². The van der Waals surface area contributed by atoms with E-state index in [9.17, 15) is 5.11 Å². The van der Waals surface area contributed by atoms with E-state index in [2.05, 4.69) is 22.1 Å². The van der Waals surface area contributed by atoms with Gasteiger partial charge in [-0.2, -0.15) is 4.98 Å². The predicted octanol–water partition coefficient (Wildman–Crippen LogP) is 2.82. The van der Waals surface area contributed by atoms with Crippen molar-refractivity contribution in [3.63, 3.8) is 0 Å². The summed E-state index contributed by atoms with van der Waals surface area (Å²) in [6.07, 6.45) is 4.96. The van der Waals surface area contributed by atoms with Gasteiger partial charge in [0, 0.05) is 13.0 Å². The third kappa shape index (κ3) is 3.94. The standard InChI is InChI=1S/C16H23N3O2S/c1-19(11-12-5-2-6-13(12)20)9-3-8-15-17-16(18-21-15)14-7-4-10-22-14/h4,7,10,12-13,20H,2-3,5-6,8-9,11H2,1H3. The van der Waals surface area contributed by atoms with Crippen LogP contribution in [0.2, 0.25) is 0 Å². The molecule has 0 spiro atoms. The lowest BCUT2D eigenvalue weighted by molar-refractivity contribution is 0.109. The molecule has 0 aliphatic heterocycles. The Hall–Kier alpha value is -1.24. The first-order valence-electron chi connectivity index (χ1n) is 7.95. The minimum absolute atomic E-state index is 0.105. The predicted molar refractivity (Wildman–Crippen MR) is 86.8 cm³/mol. The number of thiophene rings is 1. The number of hydrogen-bond donors (Lipinski definition) is 1. The number of hydrogen-bond acceptors (Lipinski definition) is 6. The van der Waals surface area contributed by atoms with E-state index >= 15 is 0 Å². The molecular weight excluding hydrogens is 298 g/mol. The van der Waals surface area contributed by atoms with Gasteiger partial charge in [0.15, 0.2) is 0 Å². The zero-order chi connectivity index (χ0) is 15.4. The molecule has 1 aliphatic rings. The number of aryl methyl sites for hydroxylation is 1. The van der Waals surface area contributed by atoms with Crippen LogP contribution in [-0.4, -0.2) is 46.4 Å². The first-order valence-corrected chi connectivity index (χ1v) is 8.83. The molecule has 0 saturated heterocycles. The minimum Gasteiger partial charge on any atom is -0.393 e. The van der Waals surface area contributed by atoms with Crippen LogP contribution in [0.25, 0.3) is 10.7 Å². The second-order valence-electron chi connectivity index (χ2n) is 6.11. The monoisotopic (exact) mass is 321 g/mol. The molecule has 2 heterocycles. The molecule has 5 nitrogen and oxygen atoms in total. The van der Waals surface area contributed by atoms with Crippen LogP contribution in [0.5, 0.6) is 0 Å². The average Bonchev–Trinajstić information content (AvgIpc) is 3.21. The van der Waals surface area contributed by atoms with Gasteiger partial charge in [0.05, 0.1) is 11.0 Å². The maximum Gasteiger partial charge on any atom is 0.227 e. The van der Waals surface area contributed by atoms with Gasteiger partial charge in [-0.25, -0.2) is 0 Å². The van der Waals surface area contributed by atoms with Crippen molar-refractivity contribution in [1.29, 1.82) is 0 Å². The van der Waals surface area contributed by atoms with Gasteiger partial charge < -0.3 is 14.5 Å². The largest absolute Gasteiger partial charge is 0.393 e. The van der Waals surface area contributed by atoms with Crippen LogP contribution in [0.1, 0.15) is 31.6 Å². The molecule has 6 heteroatoms. The van der Waals surface area contributed by atoms with E-state index in [1.807, 2.05) is 17.5 Å². The van der Waals surface area contributed by atoms with Gasteiger partial charge in [0.2, 0.25) is 11.7 Å². The van der Waals surface area contributed by atoms with Gasteiger partial charge in [0.1, 0.15) is 0 Å². The summed E-state index contributed by atoms with van der Waals surface area (Å²) in [5, 5.41) is 15.9. The fraction of sp³-hybridized carbons (Fsp3) is 0.625. The van der Waals surface area contributed by atoms with E-state index in [0.717, 1.165) is 50.1 Å². The van der Waals surface area contributed by atoms with E-state index < -0.39 is 0 Å². The summed E-state index contributed by atoms with van der Waals surface area (Å²) in [4.78, 5) is 7.78. The Labute approximate surface area is 135 Å². The molecule has 1 N–H and O–H groups in total. The molecule has 0 aromatic carbocycles. The molecule has 2 atom stereocenters. The Morgan fingerprint density at radius 3 is 3.09 bits per heavy atom. The number of rotatable bonds is 7. The van der Waals surface area contributed by atoms with Crippen LogP contribution < -0.4 is 0 Å². The summed E-state index contributed by atoms with van der Waals surface area (Å²) in [6, 6.07) is 3.99. The van der Waals surface area contributed by atoms with Crippen LogP contribution in [0.4, 0.5) is 0 Å². The number of aromatic nitrogens is 2. The van der Waals surface area contributed by atoms with Crippen molar-refractivity contribution in [2.45, 2.75) is 38.2 Å². The van der Waals surface area contributed by atoms with Gasteiger partial charge in [-0.15, -0.1) is 11.3 Å². The van der Waals surface area contributed by atoms with Gasteiger partial charge in [-0.05, 0) is 50.2 Å². The quantitative estimate of drug-likeness (QED) is 0.849. The van der Waals surface area contributed by atoms with Gasteiger partial charge in [-0.3, -0.25) is 0 Å². The molecule has 1 fully saturated rings. The maximum absolute atomic E-state index is 9.88. The number of aliphatic hydroxyl groups is 1. The second kappa shape index (κ2) is 7.35. The number of nitrogens with zero attached hydrogens (tertiary/aromatic N) is 3. The SMILES string of the molecule is CN(CCCc1nc(-c2cccs2)no1)CC1CCCC1O. The second-order valence-corrected chi connectivity index (χ2v) is 7.06. The Balaban J connectivity index is 1.41. The molecule has 1 aliphatic carbocycles. The summed E-state index contributed by atoms with van der Waals surface area (Å²) >= 11 is 1.62. The smallest absolute Gasteiger partial charge is 0.227 e. The highest BCUT2D eigenvalue weighted by atomic mass is 32.1. The third-order valence-corrected chi connectivity index (χ3v) is 5.17. The van der Waals surface area contributed by atoms with E-state index in [1.165, 1.54) is 0 Å². The molecule has 1 saturated carbocycles. The summed E-state index contributed by atoms with van der Waals surface area (Å²) in [6.45, 7) is 1.96. The lowest BCUT2D eigenvalue weighted by Crippen LogP contribution is -2.30. The maximum atomic E-state index is 9.88. The molecule has 120 valence electrons. The molecule has 22 heavy (non-hydrogen) atoms. The van der Waals surface area contributed by atoms with Crippen molar-refractivity contribution in [1.82, 2.24) is 15.0 Å². The topological polar surface area (TPSA) is 62.4 Å². The third-order valence-electron chi connectivity index (χ3n) is 4.31. The lowest BCUT2D eigenvalue weighted by Gasteiger charge is -2.22. The van der Waals surface area contributed by atoms with Gasteiger partial charge >= 0.3 is 0 Å². The molecule has 0 bridgehead atoms. The highest BCUT2D eigenvalue weighted by Gasteiger charge is 2.25. The van der Waals surface area contributed by atoms with Crippen LogP contribution >= 0.6 is 11.3 Å². The molecule has 2 aromatic heterocycles. The highest BCUT2D eigenvalue weighted by Crippen LogP contribution is 2.26. The van der Waals surface area contributed by atoms with Crippen LogP contribution in [0.3, 0.4) is 0 Å². The van der Waals surface area contributed by atoms with Crippen molar-refractivity contribution in [2.24, 2.45) is 5.92 Å². The fourth-order valence-electron chi connectivity index (χ4n) is 3.08. The molecule has 2 aromatic rings. The first-order chi connectivity index (χ1) is 10.7. The fourth-order valence-corrected chi connectivity index (χ4v) is 3.73. The van der Waals surface area contributed by atoms with Crippen molar-refractivity contribution in [2.75, 3.05) is 20.1 Å². The van der Waals surface area contributed by atoms with E-state index in [4.69, 9.17) is 4.52 Å². The van der Waals surface area contributed by atoms with Gasteiger partial charge in [0.25, 0.3) is 0 Å². The molecule has 3 rings (SSSR count). The normalized spacial score (nSPS) is 21.8. The summed E-state index contributed by atoms with van der Waals surface area (Å²) in [5.74, 6) is 1.84. The summed E-state index contributed by atoms with van der Waals surface area (Å²) < 4.78 is 5.31. The first kappa shape index (κ1) is 15.6. The van der Waals surface area contributed by atoms with Crippen LogP contribution in [-0.2, 0) is 6.42 Å². The van der Waals surface area contributed by atoms with Crippen molar-refractivity contribution in [3.05, 3.63) is 23.4 Å². The average molecular weight is 321 g/mol. The van der Waals surface area contributed by atoms with E-state index in [-0.39, 0.29) is 6.10 Å². The minimum atomic E-state index is -0.105. The zero-order valence-electron chi connectivity index (χ0n) is 12.9. The van der Waals surface area contributed by atoms with E-state index in [1.54, 1.807) is 11.3 Å². The molecule has 0 radical (unpaired) electrons. The summed E-state index contributed by atoms with van der Waals surface area (Å²) in [7, 11) is 2.12. The Bertz CT molecular complexity index is 570. The Kier molecular flexibility index (Phi) is 5.23. The van der Waals surface area contributed by atoms with E-state index in [0.29, 0.717) is 17.6 Å². The highest BCUT2D eigenvalue weighted by molar-refractivity contribution is 7.13. The molecular formula is C16H23N3O2S. The van der Waals surface area contributed by atoms with Crippen molar-refractivity contribution < 1.29 is 9.63 Å². The Morgan fingerprint density at radius 1 is 1.45 bits per heavy atom. The number of aliphatic hydroxyl groups excluding tert-OH is 1. The zero-order valence-corrected chi connectivity index (χ0v) is 13.8. The van der Waals surface area contributed by atoms with Crippen LogP contribution in [0.15, 0.2) is 22.0 Å². The van der Waals surface area contributed by atoms with Gasteiger partial charge in [-0.1, -0.05) is 17.6 Å².